The van der Waals surface area contributed by atoms with Gasteiger partial charge in [-0.2, -0.15) is 0 Å². The van der Waals surface area contributed by atoms with Crippen molar-refractivity contribution in [3.05, 3.63) is 68.2 Å². The zero-order valence-corrected chi connectivity index (χ0v) is 22.3. The highest BCUT2D eigenvalue weighted by molar-refractivity contribution is 6.48. The Kier molecular flexibility index (Phi) is 3.79. The van der Waals surface area contributed by atoms with Crippen molar-refractivity contribution < 1.29 is 0 Å². The fraction of sp³-hybridized carbons (Fsp3) is 0.333. The van der Waals surface area contributed by atoms with Crippen LogP contribution in [0.4, 0.5) is 0 Å². The molecular weight excluding hydrogens is 442 g/mol. The first-order valence-corrected chi connectivity index (χ1v) is 13.0. The second-order valence-corrected chi connectivity index (χ2v) is 13.1. The average molecular weight is 474 g/mol. The molecule has 3 nitrogen and oxygen atoms in total. The summed E-state index contributed by atoms with van der Waals surface area (Å²) >= 11 is 0. The standard InChI is InChI=1S/C33H31NO2/c1-15(2)34-30(35)28-19-13-21(32(3,4)5)17-11-9-16-10-12-18-22(33(6,7)8)14-20(29(28)31(34)36)27-25(18)23(16)24(17)26(19)27/h9-15H,1-8H3. The molecule has 0 saturated heterocycles. The number of aromatic nitrogens is 1. The van der Waals surface area contributed by atoms with E-state index in [-0.39, 0.29) is 28.0 Å². The van der Waals surface area contributed by atoms with E-state index in [9.17, 15) is 9.59 Å². The van der Waals surface area contributed by atoms with Crippen molar-refractivity contribution in [2.75, 3.05) is 0 Å². The third kappa shape index (κ3) is 2.35. The molecule has 0 fully saturated rings. The summed E-state index contributed by atoms with van der Waals surface area (Å²) in [5.74, 6) is 0. The summed E-state index contributed by atoms with van der Waals surface area (Å²) in [5, 5.41) is 12.8. The van der Waals surface area contributed by atoms with Gasteiger partial charge in [0.1, 0.15) is 0 Å². The molecule has 7 aromatic rings. The van der Waals surface area contributed by atoms with Crippen molar-refractivity contribution in [2.45, 2.75) is 72.3 Å². The first-order chi connectivity index (χ1) is 16.8. The molecular formula is C33H31NO2. The summed E-state index contributed by atoms with van der Waals surface area (Å²) in [6, 6.07) is 13.2. The van der Waals surface area contributed by atoms with Crippen LogP contribution in [0.25, 0.3) is 64.6 Å². The molecule has 0 saturated carbocycles. The zero-order chi connectivity index (χ0) is 25.6. The lowest BCUT2D eigenvalue weighted by molar-refractivity contribution is 0.574. The van der Waals surface area contributed by atoms with Gasteiger partial charge in [-0.05, 0) is 102 Å². The van der Waals surface area contributed by atoms with E-state index in [1.54, 1.807) is 0 Å². The van der Waals surface area contributed by atoms with Crippen molar-refractivity contribution in [1.29, 1.82) is 0 Å². The van der Waals surface area contributed by atoms with Gasteiger partial charge in [0.15, 0.2) is 0 Å². The van der Waals surface area contributed by atoms with Gasteiger partial charge in [-0.15, -0.1) is 0 Å². The molecule has 0 bridgehead atoms. The van der Waals surface area contributed by atoms with Gasteiger partial charge in [0.25, 0.3) is 11.1 Å². The molecule has 0 radical (unpaired) electrons. The third-order valence-electron chi connectivity index (χ3n) is 8.42. The van der Waals surface area contributed by atoms with Crippen molar-refractivity contribution in [1.82, 2.24) is 4.57 Å². The van der Waals surface area contributed by atoms with Crippen LogP contribution < -0.4 is 11.1 Å². The van der Waals surface area contributed by atoms with Crippen molar-refractivity contribution >= 4 is 64.6 Å². The fourth-order valence-electron chi connectivity index (χ4n) is 6.91. The Labute approximate surface area is 209 Å². The van der Waals surface area contributed by atoms with E-state index in [0.29, 0.717) is 10.8 Å². The first-order valence-electron chi connectivity index (χ1n) is 13.0. The minimum Gasteiger partial charge on any atom is -0.272 e. The molecule has 1 aromatic heterocycles. The summed E-state index contributed by atoms with van der Waals surface area (Å²) in [7, 11) is 0. The largest absolute Gasteiger partial charge is 0.272 e. The molecule has 0 amide bonds. The summed E-state index contributed by atoms with van der Waals surface area (Å²) in [4.78, 5) is 27.9. The fourth-order valence-corrected chi connectivity index (χ4v) is 6.91. The topological polar surface area (TPSA) is 39.1 Å². The molecule has 180 valence electrons. The molecule has 0 N–H and O–H groups in total. The van der Waals surface area contributed by atoms with Crippen LogP contribution in [-0.2, 0) is 10.8 Å². The second kappa shape index (κ2) is 6.26. The van der Waals surface area contributed by atoms with Gasteiger partial charge in [-0.25, -0.2) is 0 Å². The molecule has 0 aliphatic carbocycles. The summed E-state index contributed by atoms with van der Waals surface area (Å²) < 4.78 is 1.46. The van der Waals surface area contributed by atoms with E-state index in [2.05, 4.69) is 77.9 Å². The van der Waals surface area contributed by atoms with Crippen LogP contribution in [0.5, 0.6) is 0 Å². The molecule has 36 heavy (non-hydrogen) atoms. The van der Waals surface area contributed by atoms with Crippen LogP contribution in [0.1, 0.15) is 72.6 Å². The lowest BCUT2D eigenvalue weighted by atomic mass is 9.80. The number of hydrogen-bond acceptors (Lipinski definition) is 2. The smallest absolute Gasteiger partial charge is 0.262 e. The van der Waals surface area contributed by atoms with Crippen LogP contribution in [0.15, 0.2) is 46.0 Å². The molecule has 0 unspecified atom stereocenters. The van der Waals surface area contributed by atoms with E-state index in [0.717, 1.165) is 21.5 Å². The average Bonchev–Trinajstić information content (AvgIpc) is 3.27. The van der Waals surface area contributed by atoms with Gasteiger partial charge in [0, 0.05) is 6.04 Å². The zero-order valence-electron chi connectivity index (χ0n) is 22.3. The van der Waals surface area contributed by atoms with E-state index >= 15 is 0 Å². The molecule has 7 rings (SSSR count). The Bertz CT molecular complexity index is 1970. The number of nitrogens with zero attached hydrogens (tertiary/aromatic N) is 1. The maximum Gasteiger partial charge on any atom is 0.262 e. The molecule has 0 atom stereocenters. The summed E-state index contributed by atoms with van der Waals surface area (Å²) in [6.07, 6.45) is 0. The van der Waals surface area contributed by atoms with Crippen molar-refractivity contribution in [2.24, 2.45) is 0 Å². The maximum atomic E-state index is 13.9. The van der Waals surface area contributed by atoms with Gasteiger partial charge < -0.3 is 0 Å². The van der Waals surface area contributed by atoms with Gasteiger partial charge in [0.05, 0.1) is 10.8 Å². The van der Waals surface area contributed by atoms with E-state index < -0.39 is 0 Å². The van der Waals surface area contributed by atoms with Crippen LogP contribution in [0.3, 0.4) is 0 Å². The van der Waals surface area contributed by atoms with Crippen molar-refractivity contribution in [3.8, 4) is 0 Å². The molecule has 0 aliphatic rings. The highest BCUT2D eigenvalue weighted by atomic mass is 16.2. The van der Waals surface area contributed by atoms with Gasteiger partial charge in [-0.3, -0.25) is 14.2 Å². The van der Waals surface area contributed by atoms with E-state index in [4.69, 9.17) is 0 Å². The lowest BCUT2D eigenvalue weighted by Gasteiger charge is -2.23. The number of rotatable bonds is 1. The maximum absolute atomic E-state index is 13.9. The molecule has 1 heterocycles. The van der Waals surface area contributed by atoms with Crippen molar-refractivity contribution in [3.63, 3.8) is 0 Å². The molecule has 6 aromatic carbocycles. The number of fused-ring (bicyclic) bond motifs is 3. The van der Waals surface area contributed by atoms with Crippen LogP contribution in [0, 0.1) is 0 Å². The predicted molar refractivity (Wildman–Crippen MR) is 155 cm³/mol. The number of hydrogen-bond donors (Lipinski definition) is 0. The van der Waals surface area contributed by atoms with Crippen LogP contribution in [0.2, 0.25) is 0 Å². The third-order valence-corrected chi connectivity index (χ3v) is 8.42. The van der Waals surface area contributed by atoms with Gasteiger partial charge in [-0.1, -0.05) is 65.8 Å². The molecule has 0 aliphatic heterocycles. The van der Waals surface area contributed by atoms with E-state index in [1.165, 1.54) is 48.0 Å². The highest BCUT2D eigenvalue weighted by Crippen LogP contribution is 2.53. The monoisotopic (exact) mass is 473 g/mol. The highest BCUT2D eigenvalue weighted by Gasteiger charge is 2.32. The Hall–Kier alpha value is -3.46. The Morgan fingerprint density at radius 1 is 0.556 bits per heavy atom. The normalized spacial score (nSPS) is 14.0. The van der Waals surface area contributed by atoms with Crippen LogP contribution >= 0.6 is 0 Å². The number of benzene rings is 5. The quantitative estimate of drug-likeness (QED) is 0.226. The Balaban J connectivity index is 1.97. The minimum absolute atomic E-state index is 0.119. The van der Waals surface area contributed by atoms with Gasteiger partial charge in [0.2, 0.25) is 0 Å². The minimum atomic E-state index is -0.196. The van der Waals surface area contributed by atoms with E-state index in [1.807, 2.05) is 13.8 Å². The SMILES string of the molecule is CC(C)n1c(=O)c2c3cc(C(C)(C)C)c4ccc5ccc6c(C(C)(C)C)cc(c2c1=O)c1c6c5c4c31. The summed E-state index contributed by atoms with van der Waals surface area (Å²) in [5.41, 5.74) is 1.88. The van der Waals surface area contributed by atoms with Crippen LogP contribution in [-0.4, -0.2) is 4.57 Å². The first kappa shape index (κ1) is 21.8. The molecule has 0 spiro atoms. The lowest BCUT2D eigenvalue weighted by Crippen LogP contribution is -2.27. The van der Waals surface area contributed by atoms with Gasteiger partial charge >= 0.3 is 0 Å². The second-order valence-electron chi connectivity index (χ2n) is 13.1. The Morgan fingerprint density at radius 2 is 0.944 bits per heavy atom. The molecule has 3 heteroatoms. The Morgan fingerprint density at radius 3 is 1.31 bits per heavy atom. The summed E-state index contributed by atoms with van der Waals surface area (Å²) in [6.45, 7) is 17.2. The predicted octanol–water partition coefficient (Wildman–Crippen LogP) is 8.05.